The molecule has 0 heterocycles. The smallest absolute Gasteiger partial charge is 0.154 e. The van der Waals surface area contributed by atoms with Crippen LogP contribution in [0.5, 0.6) is 0 Å². The molecule has 0 spiro atoms. The summed E-state index contributed by atoms with van der Waals surface area (Å²) in [5, 5.41) is 2.92. The van der Waals surface area contributed by atoms with E-state index in [1.165, 1.54) is 19.2 Å². The fourth-order valence-corrected chi connectivity index (χ4v) is 2.27. The number of rotatable bonds is 7. The van der Waals surface area contributed by atoms with E-state index in [-0.39, 0.29) is 23.9 Å². The Bertz CT molecular complexity index is 431. The highest BCUT2D eigenvalue weighted by molar-refractivity contribution is 7.91. The molecule has 17 heavy (non-hydrogen) atoms. The summed E-state index contributed by atoms with van der Waals surface area (Å²) in [6.45, 7) is 0.510. The van der Waals surface area contributed by atoms with Gasteiger partial charge in [0, 0.05) is 19.3 Å². The molecule has 96 valence electrons. The second kappa shape index (κ2) is 6.56. The largest absolute Gasteiger partial charge is 0.384 e. The van der Waals surface area contributed by atoms with Crippen LogP contribution in [0.2, 0.25) is 0 Å². The van der Waals surface area contributed by atoms with Gasteiger partial charge in [0.05, 0.1) is 18.1 Å². The molecule has 1 N–H and O–H groups in total. The molecule has 0 radical (unpaired) electrons. The molecule has 0 aliphatic rings. The monoisotopic (exact) mass is 261 g/mol. The molecule has 0 aliphatic carbocycles. The van der Waals surface area contributed by atoms with Crippen LogP contribution in [0.15, 0.2) is 24.3 Å². The Hall–Kier alpha value is -1.14. The fourth-order valence-electron chi connectivity index (χ4n) is 1.23. The Morgan fingerprint density at radius 3 is 2.47 bits per heavy atom. The number of methoxy groups -OCH3 is 1. The first-order chi connectivity index (χ1) is 8.03. The number of ether oxygens (including phenoxy) is 1. The van der Waals surface area contributed by atoms with Gasteiger partial charge < -0.3 is 10.1 Å². The summed E-state index contributed by atoms with van der Waals surface area (Å²) in [4.78, 5) is 0. The van der Waals surface area contributed by atoms with E-state index in [2.05, 4.69) is 5.32 Å². The van der Waals surface area contributed by atoms with Crippen LogP contribution in [-0.2, 0) is 14.6 Å². The highest BCUT2D eigenvalue weighted by atomic mass is 32.2. The lowest BCUT2D eigenvalue weighted by molar-refractivity contribution is 0.217. The molecule has 1 aromatic carbocycles. The Labute approximate surface area is 101 Å². The average Bonchev–Trinajstić information content (AvgIpc) is 2.29. The van der Waals surface area contributed by atoms with Crippen LogP contribution in [0.25, 0.3) is 0 Å². The minimum absolute atomic E-state index is 0.0224. The van der Waals surface area contributed by atoms with Crippen LogP contribution in [-0.4, -0.2) is 40.2 Å². The summed E-state index contributed by atoms with van der Waals surface area (Å²) in [7, 11) is -1.62. The van der Waals surface area contributed by atoms with Crippen molar-refractivity contribution < 1.29 is 17.5 Å². The van der Waals surface area contributed by atoms with E-state index in [1.807, 2.05) is 0 Å². The van der Waals surface area contributed by atoms with E-state index in [4.69, 9.17) is 4.74 Å². The Morgan fingerprint density at radius 2 is 1.88 bits per heavy atom. The van der Waals surface area contributed by atoms with Crippen molar-refractivity contribution in [1.29, 1.82) is 0 Å². The quantitative estimate of drug-likeness (QED) is 0.804. The number of hydrogen-bond donors (Lipinski definition) is 1. The van der Waals surface area contributed by atoms with Gasteiger partial charge >= 0.3 is 0 Å². The van der Waals surface area contributed by atoms with E-state index < -0.39 is 9.84 Å². The second-order valence-electron chi connectivity index (χ2n) is 3.58. The molecule has 4 nitrogen and oxygen atoms in total. The van der Waals surface area contributed by atoms with Crippen molar-refractivity contribution in [1.82, 2.24) is 0 Å². The molecule has 0 amide bonds. The molecule has 0 atom stereocenters. The average molecular weight is 261 g/mol. The maximum Gasteiger partial charge on any atom is 0.154 e. The van der Waals surface area contributed by atoms with Crippen LogP contribution >= 0.6 is 0 Å². The van der Waals surface area contributed by atoms with E-state index in [0.717, 1.165) is 0 Å². The van der Waals surface area contributed by atoms with Gasteiger partial charge in [-0.1, -0.05) is 0 Å². The van der Waals surface area contributed by atoms with Crippen LogP contribution in [0, 0.1) is 5.82 Å². The third kappa shape index (κ3) is 5.65. The zero-order chi connectivity index (χ0) is 12.7. The second-order valence-corrected chi connectivity index (χ2v) is 5.88. The first kappa shape index (κ1) is 13.9. The van der Waals surface area contributed by atoms with Gasteiger partial charge in [-0.05, 0) is 24.3 Å². The van der Waals surface area contributed by atoms with Crippen molar-refractivity contribution in [2.75, 3.05) is 37.1 Å². The van der Waals surface area contributed by atoms with Crippen molar-refractivity contribution in [3.63, 3.8) is 0 Å². The van der Waals surface area contributed by atoms with Gasteiger partial charge in [-0.2, -0.15) is 0 Å². The highest BCUT2D eigenvalue weighted by Gasteiger charge is 2.09. The summed E-state index contributed by atoms with van der Waals surface area (Å²) in [5.74, 6) is -0.259. The molecule has 0 aliphatic heterocycles. The first-order valence-corrected chi connectivity index (χ1v) is 7.04. The molecule has 0 bridgehead atoms. The maximum atomic E-state index is 12.6. The van der Waals surface area contributed by atoms with E-state index in [9.17, 15) is 12.8 Å². The predicted octanol–water partition coefficient (Wildman–Crippen LogP) is 1.30. The van der Waals surface area contributed by atoms with Gasteiger partial charge in [0.2, 0.25) is 0 Å². The molecular formula is C11H16FNO3S. The van der Waals surface area contributed by atoms with E-state index in [0.29, 0.717) is 12.2 Å². The van der Waals surface area contributed by atoms with Crippen molar-refractivity contribution in [2.24, 2.45) is 0 Å². The normalized spacial score (nSPS) is 11.4. The van der Waals surface area contributed by atoms with Crippen LogP contribution in [0.3, 0.4) is 0 Å². The van der Waals surface area contributed by atoms with Gasteiger partial charge in [-0.25, -0.2) is 12.8 Å². The lowest BCUT2D eigenvalue weighted by Gasteiger charge is -2.07. The number of hydrogen-bond acceptors (Lipinski definition) is 4. The molecule has 1 aromatic rings. The molecule has 0 saturated carbocycles. The molecule has 0 saturated heterocycles. The highest BCUT2D eigenvalue weighted by Crippen LogP contribution is 2.07. The van der Waals surface area contributed by atoms with Crippen molar-refractivity contribution in [3.8, 4) is 0 Å². The summed E-state index contributed by atoms with van der Waals surface area (Å²) < 4.78 is 40.2. The van der Waals surface area contributed by atoms with Crippen molar-refractivity contribution >= 4 is 15.5 Å². The van der Waals surface area contributed by atoms with Gasteiger partial charge in [0.25, 0.3) is 0 Å². The van der Waals surface area contributed by atoms with Gasteiger partial charge in [-0.15, -0.1) is 0 Å². The number of nitrogens with one attached hydrogen (secondary N) is 1. The SMILES string of the molecule is COCCS(=O)(=O)CCNc1ccc(F)cc1. The molecule has 1 rings (SSSR count). The Kier molecular flexibility index (Phi) is 5.37. The summed E-state index contributed by atoms with van der Waals surface area (Å²) in [5.41, 5.74) is 0.702. The topological polar surface area (TPSA) is 55.4 Å². The van der Waals surface area contributed by atoms with Crippen molar-refractivity contribution in [3.05, 3.63) is 30.1 Å². The van der Waals surface area contributed by atoms with Crippen LogP contribution in [0.1, 0.15) is 0 Å². The van der Waals surface area contributed by atoms with Gasteiger partial charge in [0.15, 0.2) is 9.84 Å². The molecule has 6 heteroatoms. The van der Waals surface area contributed by atoms with E-state index in [1.54, 1.807) is 12.1 Å². The molecular weight excluding hydrogens is 245 g/mol. The number of sulfone groups is 1. The summed E-state index contributed by atoms with van der Waals surface area (Å²) >= 11 is 0. The number of anilines is 1. The third-order valence-electron chi connectivity index (χ3n) is 2.18. The zero-order valence-electron chi connectivity index (χ0n) is 9.65. The molecule has 0 fully saturated rings. The standard InChI is InChI=1S/C11H16FNO3S/c1-16-7-9-17(14,15)8-6-13-11-4-2-10(12)3-5-11/h2-5,13H,6-9H2,1H3. The zero-order valence-corrected chi connectivity index (χ0v) is 10.5. The minimum atomic E-state index is -3.08. The lowest BCUT2D eigenvalue weighted by Crippen LogP contribution is -2.20. The minimum Gasteiger partial charge on any atom is -0.384 e. The maximum absolute atomic E-state index is 12.6. The Morgan fingerprint density at radius 1 is 1.24 bits per heavy atom. The van der Waals surface area contributed by atoms with Gasteiger partial charge in [0.1, 0.15) is 5.82 Å². The predicted molar refractivity (Wildman–Crippen MR) is 65.4 cm³/mol. The fraction of sp³-hybridized carbons (Fsp3) is 0.455. The summed E-state index contributed by atoms with van der Waals surface area (Å²) in [6.07, 6.45) is 0. The van der Waals surface area contributed by atoms with E-state index >= 15 is 0 Å². The van der Waals surface area contributed by atoms with Gasteiger partial charge in [-0.3, -0.25) is 0 Å². The number of halogens is 1. The van der Waals surface area contributed by atoms with Crippen LogP contribution in [0.4, 0.5) is 10.1 Å². The van der Waals surface area contributed by atoms with Crippen molar-refractivity contribution in [2.45, 2.75) is 0 Å². The third-order valence-corrected chi connectivity index (χ3v) is 3.80. The molecule has 0 unspecified atom stereocenters. The lowest BCUT2D eigenvalue weighted by atomic mass is 10.3. The van der Waals surface area contributed by atoms with Crippen LogP contribution < -0.4 is 5.32 Å². The number of benzene rings is 1. The Balaban J connectivity index is 2.34. The first-order valence-electron chi connectivity index (χ1n) is 5.22. The summed E-state index contributed by atoms with van der Waals surface area (Å²) in [6, 6.07) is 5.78. The molecule has 0 aromatic heterocycles.